The molecule has 1 unspecified atom stereocenters. The highest BCUT2D eigenvalue weighted by atomic mass is 16.5. The maximum Gasteiger partial charge on any atom is 0.295 e. The number of aliphatic hydroxyl groups excluding tert-OH is 1. The molecule has 3 rings (SSSR count). The van der Waals surface area contributed by atoms with E-state index in [0.29, 0.717) is 42.3 Å². The Morgan fingerprint density at radius 1 is 1.16 bits per heavy atom. The van der Waals surface area contributed by atoms with Gasteiger partial charge in [0.15, 0.2) is 11.5 Å². The summed E-state index contributed by atoms with van der Waals surface area (Å²) in [6.45, 7) is 4.84. The van der Waals surface area contributed by atoms with Crippen LogP contribution in [0.2, 0.25) is 0 Å². The van der Waals surface area contributed by atoms with Crippen molar-refractivity contribution in [2.45, 2.75) is 6.04 Å². The Bertz CT molecular complexity index is 1030. The Hall–Kier alpha value is -3.58. The highest BCUT2D eigenvalue weighted by Gasteiger charge is 2.46. The van der Waals surface area contributed by atoms with Crippen molar-refractivity contribution in [2.24, 2.45) is 0 Å². The van der Waals surface area contributed by atoms with Crippen molar-refractivity contribution >= 4 is 17.4 Å². The second kappa shape index (κ2) is 10.2. The number of likely N-dealkylation sites (tertiary alicyclic amines) is 1. The van der Waals surface area contributed by atoms with Crippen molar-refractivity contribution < 1.29 is 24.2 Å². The summed E-state index contributed by atoms with van der Waals surface area (Å²) < 4.78 is 11.1. The van der Waals surface area contributed by atoms with E-state index in [2.05, 4.69) is 6.58 Å². The third kappa shape index (κ3) is 4.68. The van der Waals surface area contributed by atoms with Gasteiger partial charge in [-0.25, -0.2) is 0 Å². The lowest BCUT2D eigenvalue weighted by atomic mass is 9.95. The molecule has 0 radical (unpaired) electrons. The van der Waals surface area contributed by atoms with Crippen LogP contribution in [0.15, 0.2) is 66.8 Å². The van der Waals surface area contributed by atoms with Crippen LogP contribution in [0.25, 0.3) is 5.76 Å². The molecular weight excluding hydrogens is 408 g/mol. The summed E-state index contributed by atoms with van der Waals surface area (Å²) in [6.07, 6.45) is 1.63. The van der Waals surface area contributed by atoms with Gasteiger partial charge < -0.3 is 24.4 Å². The lowest BCUT2D eigenvalue weighted by molar-refractivity contribution is -0.140. The largest absolute Gasteiger partial charge is 0.507 e. The predicted octanol–water partition coefficient (Wildman–Crippen LogP) is 3.24. The topological polar surface area (TPSA) is 79.3 Å². The normalized spacial score (nSPS) is 17.6. The van der Waals surface area contributed by atoms with Crippen LogP contribution in [0.4, 0.5) is 0 Å². The molecule has 1 atom stereocenters. The monoisotopic (exact) mass is 436 g/mol. The molecule has 7 nitrogen and oxygen atoms in total. The van der Waals surface area contributed by atoms with Crippen molar-refractivity contribution in [3.8, 4) is 11.5 Å². The average molecular weight is 437 g/mol. The van der Waals surface area contributed by atoms with Crippen LogP contribution in [0.1, 0.15) is 17.2 Å². The van der Waals surface area contributed by atoms with Crippen LogP contribution in [-0.2, 0) is 9.59 Å². The lowest BCUT2D eigenvalue weighted by Gasteiger charge is -2.27. The molecule has 7 heteroatoms. The third-order valence-corrected chi connectivity index (χ3v) is 5.24. The number of methoxy groups -OCH3 is 1. The molecule has 1 amide bonds. The minimum atomic E-state index is -0.752. The first-order valence-corrected chi connectivity index (χ1v) is 10.3. The summed E-state index contributed by atoms with van der Waals surface area (Å²) in [7, 11) is 5.31. The standard InChI is InChI=1S/C25H28N2O5/c1-5-15-32-19-12-11-18(16-20(19)31-4)22-21(23(28)17-9-7-6-8-10-17)24(29)25(30)27(22)14-13-26(2)3/h5-12,16,22,28H,1,13-15H2,2-4H3. The number of rotatable bonds is 9. The summed E-state index contributed by atoms with van der Waals surface area (Å²) >= 11 is 0. The van der Waals surface area contributed by atoms with Crippen molar-refractivity contribution in [1.29, 1.82) is 0 Å². The number of likely N-dealkylation sites (N-methyl/N-ethyl adjacent to an activating group) is 1. The number of ketones is 1. The Balaban J connectivity index is 2.14. The van der Waals surface area contributed by atoms with Gasteiger partial charge in [-0.2, -0.15) is 0 Å². The Kier molecular flexibility index (Phi) is 7.33. The molecule has 1 N–H and O–H groups in total. The zero-order valence-electron chi connectivity index (χ0n) is 18.6. The lowest BCUT2D eigenvalue weighted by Crippen LogP contribution is -2.35. The maximum absolute atomic E-state index is 13.0. The van der Waals surface area contributed by atoms with Gasteiger partial charge in [0.2, 0.25) is 0 Å². The summed E-state index contributed by atoms with van der Waals surface area (Å²) in [5.74, 6) is -0.569. The average Bonchev–Trinajstić information content (AvgIpc) is 3.06. The fourth-order valence-electron chi connectivity index (χ4n) is 3.64. The van der Waals surface area contributed by atoms with Crippen LogP contribution in [-0.4, -0.2) is 67.5 Å². The first-order valence-electron chi connectivity index (χ1n) is 10.3. The number of ether oxygens (including phenoxy) is 2. The number of carbonyl (C=O) groups excluding carboxylic acids is 2. The molecule has 1 aliphatic rings. The van der Waals surface area contributed by atoms with E-state index in [1.165, 1.54) is 12.0 Å². The first kappa shape index (κ1) is 23.1. The number of aliphatic hydroxyl groups is 1. The van der Waals surface area contributed by atoms with Gasteiger partial charge in [0.25, 0.3) is 11.7 Å². The first-order chi connectivity index (χ1) is 15.4. The highest BCUT2D eigenvalue weighted by Crippen LogP contribution is 2.41. The second-order valence-electron chi connectivity index (χ2n) is 7.67. The number of benzene rings is 2. The van der Waals surface area contributed by atoms with E-state index in [1.54, 1.807) is 48.5 Å². The molecule has 0 bridgehead atoms. The van der Waals surface area contributed by atoms with E-state index in [9.17, 15) is 14.7 Å². The molecule has 1 saturated heterocycles. The van der Waals surface area contributed by atoms with Gasteiger partial charge >= 0.3 is 0 Å². The van der Waals surface area contributed by atoms with Crippen molar-refractivity contribution in [3.63, 3.8) is 0 Å². The van der Waals surface area contributed by atoms with Gasteiger partial charge in [-0.15, -0.1) is 0 Å². The van der Waals surface area contributed by atoms with Gasteiger partial charge in [-0.3, -0.25) is 9.59 Å². The van der Waals surface area contributed by atoms with E-state index < -0.39 is 17.7 Å². The van der Waals surface area contributed by atoms with Crippen molar-refractivity contribution in [2.75, 3.05) is 40.9 Å². The molecule has 1 fully saturated rings. The van der Waals surface area contributed by atoms with Gasteiger partial charge in [0, 0.05) is 18.7 Å². The fourth-order valence-corrected chi connectivity index (χ4v) is 3.64. The number of carbonyl (C=O) groups is 2. The second-order valence-corrected chi connectivity index (χ2v) is 7.67. The highest BCUT2D eigenvalue weighted by molar-refractivity contribution is 6.46. The Labute approximate surface area is 188 Å². The number of nitrogens with zero attached hydrogens (tertiary/aromatic N) is 2. The number of Topliss-reactive ketones (excluding diaryl/α,β-unsaturated/α-hetero) is 1. The summed E-state index contributed by atoms with van der Waals surface area (Å²) in [6, 6.07) is 13.2. The molecule has 2 aromatic carbocycles. The molecule has 32 heavy (non-hydrogen) atoms. The van der Waals surface area contributed by atoms with E-state index in [0.717, 1.165) is 0 Å². The van der Waals surface area contributed by atoms with Crippen LogP contribution in [0.5, 0.6) is 11.5 Å². The van der Waals surface area contributed by atoms with Crippen molar-refractivity contribution in [3.05, 3.63) is 77.9 Å². The number of hydrogen-bond acceptors (Lipinski definition) is 6. The zero-order chi connectivity index (χ0) is 23.3. The number of amides is 1. The van der Waals surface area contributed by atoms with Crippen LogP contribution in [0.3, 0.4) is 0 Å². The van der Waals surface area contributed by atoms with Gasteiger partial charge in [0.1, 0.15) is 12.4 Å². The van der Waals surface area contributed by atoms with Crippen LogP contribution >= 0.6 is 0 Å². The zero-order valence-corrected chi connectivity index (χ0v) is 18.6. The summed E-state index contributed by atoms with van der Waals surface area (Å²) in [5.41, 5.74) is 1.17. The molecule has 2 aromatic rings. The van der Waals surface area contributed by atoms with Crippen LogP contribution < -0.4 is 9.47 Å². The molecule has 168 valence electrons. The van der Waals surface area contributed by atoms with E-state index >= 15 is 0 Å². The molecular formula is C25H28N2O5. The SMILES string of the molecule is C=CCOc1ccc(C2C(=C(O)c3ccccc3)C(=O)C(=O)N2CCN(C)C)cc1OC. The number of hydrogen-bond donors (Lipinski definition) is 1. The smallest absolute Gasteiger partial charge is 0.295 e. The Morgan fingerprint density at radius 2 is 1.88 bits per heavy atom. The molecule has 0 aromatic heterocycles. The quantitative estimate of drug-likeness (QED) is 0.281. The van der Waals surface area contributed by atoms with E-state index in [-0.39, 0.29) is 11.3 Å². The van der Waals surface area contributed by atoms with Crippen LogP contribution in [0, 0.1) is 0 Å². The van der Waals surface area contributed by atoms with Crippen molar-refractivity contribution in [1.82, 2.24) is 9.80 Å². The minimum Gasteiger partial charge on any atom is -0.507 e. The summed E-state index contributed by atoms with van der Waals surface area (Å²) in [4.78, 5) is 29.4. The van der Waals surface area contributed by atoms with E-state index in [1.807, 2.05) is 25.1 Å². The predicted molar refractivity (Wildman–Crippen MR) is 123 cm³/mol. The third-order valence-electron chi connectivity index (χ3n) is 5.24. The van der Waals surface area contributed by atoms with Gasteiger partial charge in [-0.1, -0.05) is 49.1 Å². The molecule has 1 aliphatic heterocycles. The minimum absolute atomic E-state index is 0.0572. The Morgan fingerprint density at radius 3 is 2.50 bits per heavy atom. The molecule has 0 saturated carbocycles. The maximum atomic E-state index is 13.0. The van der Waals surface area contributed by atoms with Gasteiger partial charge in [0.05, 0.1) is 18.7 Å². The van der Waals surface area contributed by atoms with Gasteiger partial charge in [-0.05, 0) is 31.8 Å². The molecule has 0 spiro atoms. The molecule has 0 aliphatic carbocycles. The summed E-state index contributed by atoms with van der Waals surface area (Å²) in [5, 5.41) is 11.0. The fraction of sp³-hybridized carbons (Fsp3) is 0.280. The van der Waals surface area contributed by atoms with E-state index in [4.69, 9.17) is 9.47 Å². The molecule has 1 heterocycles.